The number of allylic oxidation sites excluding steroid dienone is 2. The zero-order valence-corrected chi connectivity index (χ0v) is 10.5. The second-order valence-electron chi connectivity index (χ2n) is 4.92. The number of hydrogen-bond acceptors (Lipinski definition) is 2. The van der Waals surface area contributed by atoms with Crippen molar-refractivity contribution in [3.05, 3.63) is 24.3 Å². The molecular weight excluding hydrogens is 200 g/mol. The highest BCUT2D eigenvalue weighted by molar-refractivity contribution is 5.81. The summed E-state index contributed by atoms with van der Waals surface area (Å²) in [6.07, 6.45) is 7.15. The first-order valence-corrected chi connectivity index (χ1v) is 5.96. The molecule has 0 N–H and O–H groups in total. The van der Waals surface area contributed by atoms with Crippen LogP contribution in [0.15, 0.2) is 24.3 Å². The van der Waals surface area contributed by atoms with Crippen molar-refractivity contribution < 1.29 is 9.53 Å². The minimum Gasteiger partial charge on any atom is -0.466 e. The zero-order chi connectivity index (χ0) is 12.1. The average Bonchev–Trinajstić information content (AvgIpc) is 2.25. The van der Waals surface area contributed by atoms with E-state index >= 15 is 0 Å². The fraction of sp³-hybridized carbons (Fsp3) is 0.643. The molecule has 0 aromatic rings. The molecule has 3 atom stereocenters. The van der Waals surface area contributed by atoms with Crippen molar-refractivity contribution in [2.45, 2.75) is 33.1 Å². The lowest BCUT2D eigenvalue weighted by Crippen LogP contribution is -2.23. The van der Waals surface area contributed by atoms with Gasteiger partial charge in [0.05, 0.1) is 7.11 Å². The fourth-order valence-corrected chi connectivity index (χ4v) is 2.52. The van der Waals surface area contributed by atoms with Crippen LogP contribution in [0.2, 0.25) is 0 Å². The highest BCUT2D eigenvalue weighted by Gasteiger charge is 2.27. The van der Waals surface area contributed by atoms with E-state index < -0.39 is 0 Å². The van der Waals surface area contributed by atoms with Crippen molar-refractivity contribution >= 4 is 5.97 Å². The van der Waals surface area contributed by atoms with Gasteiger partial charge in [-0.05, 0) is 37.5 Å². The van der Waals surface area contributed by atoms with Crippen LogP contribution in [0, 0.1) is 17.8 Å². The molecule has 0 unspecified atom stereocenters. The van der Waals surface area contributed by atoms with E-state index in [-0.39, 0.29) is 5.97 Å². The molecule has 0 heterocycles. The number of rotatable bonds is 3. The molecule has 16 heavy (non-hydrogen) atoms. The molecule has 1 fully saturated rings. The van der Waals surface area contributed by atoms with Gasteiger partial charge in [-0.1, -0.05) is 31.6 Å². The van der Waals surface area contributed by atoms with Gasteiger partial charge in [0, 0.05) is 6.08 Å². The molecule has 0 radical (unpaired) electrons. The average molecular weight is 222 g/mol. The molecule has 1 rings (SSSR count). The first-order chi connectivity index (χ1) is 7.54. The number of ether oxygens (including phenoxy) is 1. The van der Waals surface area contributed by atoms with Crippen LogP contribution in [0.4, 0.5) is 0 Å². The maximum absolute atomic E-state index is 11.1. The van der Waals surface area contributed by atoms with Gasteiger partial charge in [-0.3, -0.25) is 0 Å². The van der Waals surface area contributed by atoms with Crippen molar-refractivity contribution in [3.63, 3.8) is 0 Å². The Bertz CT molecular complexity index is 291. The molecule has 1 saturated carbocycles. The Balaban J connectivity index is 2.68. The van der Waals surface area contributed by atoms with Crippen molar-refractivity contribution in [1.29, 1.82) is 0 Å². The van der Waals surface area contributed by atoms with E-state index in [0.29, 0.717) is 11.8 Å². The summed E-state index contributed by atoms with van der Waals surface area (Å²) in [4.78, 5) is 11.1. The Kier molecular flexibility index (Phi) is 4.78. The maximum Gasteiger partial charge on any atom is 0.330 e. The number of hydrogen-bond donors (Lipinski definition) is 0. The molecule has 1 aliphatic rings. The third-order valence-electron chi connectivity index (χ3n) is 3.48. The fourth-order valence-electron chi connectivity index (χ4n) is 2.52. The SMILES string of the molecule is C=C(C)[C@@H]1CC[C@@H](C)C[C@@H]1/C=C/C(=O)OC. The van der Waals surface area contributed by atoms with Crippen molar-refractivity contribution in [2.24, 2.45) is 17.8 Å². The summed E-state index contributed by atoms with van der Waals surface area (Å²) in [5.41, 5.74) is 1.23. The normalized spacial score (nSPS) is 30.3. The Labute approximate surface area is 98.4 Å². The summed E-state index contributed by atoms with van der Waals surface area (Å²) in [6.45, 7) is 8.41. The Morgan fingerprint density at radius 3 is 2.69 bits per heavy atom. The summed E-state index contributed by atoms with van der Waals surface area (Å²) in [5, 5.41) is 0. The van der Waals surface area contributed by atoms with Crippen molar-refractivity contribution in [3.8, 4) is 0 Å². The van der Waals surface area contributed by atoms with Crippen LogP contribution in [0.1, 0.15) is 33.1 Å². The molecule has 0 aromatic heterocycles. The van der Waals surface area contributed by atoms with Gasteiger partial charge < -0.3 is 4.74 Å². The van der Waals surface area contributed by atoms with Gasteiger partial charge in [-0.2, -0.15) is 0 Å². The van der Waals surface area contributed by atoms with Gasteiger partial charge in [0.25, 0.3) is 0 Å². The summed E-state index contributed by atoms with van der Waals surface area (Å²) in [6, 6.07) is 0. The molecule has 0 saturated heterocycles. The lowest BCUT2D eigenvalue weighted by molar-refractivity contribution is -0.134. The number of carbonyl (C=O) groups excluding carboxylic acids is 1. The van der Waals surface area contributed by atoms with Gasteiger partial charge >= 0.3 is 5.97 Å². The molecule has 0 aliphatic heterocycles. The first kappa shape index (κ1) is 13.0. The van der Waals surface area contributed by atoms with Gasteiger partial charge in [0.15, 0.2) is 0 Å². The third kappa shape index (κ3) is 3.51. The quantitative estimate of drug-likeness (QED) is 0.416. The van der Waals surface area contributed by atoms with E-state index in [1.54, 1.807) is 6.08 Å². The summed E-state index contributed by atoms with van der Waals surface area (Å²) in [5.74, 6) is 1.44. The maximum atomic E-state index is 11.1. The van der Waals surface area contributed by atoms with Gasteiger partial charge in [0.1, 0.15) is 0 Å². The predicted octanol–water partition coefficient (Wildman–Crippen LogP) is 3.34. The van der Waals surface area contributed by atoms with E-state index in [1.165, 1.54) is 25.5 Å². The van der Waals surface area contributed by atoms with E-state index in [0.717, 1.165) is 12.3 Å². The van der Waals surface area contributed by atoms with Crippen LogP contribution >= 0.6 is 0 Å². The third-order valence-corrected chi connectivity index (χ3v) is 3.48. The molecule has 2 nitrogen and oxygen atoms in total. The van der Waals surface area contributed by atoms with E-state index in [2.05, 4.69) is 25.2 Å². The molecule has 0 amide bonds. The second-order valence-corrected chi connectivity index (χ2v) is 4.92. The summed E-state index contributed by atoms with van der Waals surface area (Å²) in [7, 11) is 1.41. The summed E-state index contributed by atoms with van der Waals surface area (Å²) < 4.78 is 4.62. The standard InChI is InChI=1S/C14H22O2/c1-10(2)13-7-5-11(3)9-12(13)6-8-14(15)16-4/h6,8,11-13H,1,5,7,9H2,2-4H3/b8-6+/t11-,12+,13+/m1/s1. The lowest BCUT2D eigenvalue weighted by atomic mass is 9.72. The van der Waals surface area contributed by atoms with E-state index in [9.17, 15) is 4.79 Å². The van der Waals surface area contributed by atoms with Crippen LogP contribution in [-0.4, -0.2) is 13.1 Å². The minimum absolute atomic E-state index is 0.265. The molecule has 0 aromatic carbocycles. The van der Waals surface area contributed by atoms with Gasteiger partial charge in [-0.25, -0.2) is 4.79 Å². The zero-order valence-electron chi connectivity index (χ0n) is 10.5. The van der Waals surface area contributed by atoms with Crippen LogP contribution in [0.25, 0.3) is 0 Å². The van der Waals surface area contributed by atoms with Crippen LogP contribution in [0.5, 0.6) is 0 Å². The van der Waals surface area contributed by atoms with Crippen molar-refractivity contribution in [2.75, 3.05) is 7.11 Å². The Morgan fingerprint density at radius 1 is 1.44 bits per heavy atom. The first-order valence-electron chi connectivity index (χ1n) is 5.96. The monoisotopic (exact) mass is 222 g/mol. The van der Waals surface area contributed by atoms with E-state index in [4.69, 9.17) is 0 Å². The Morgan fingerprint density at radius 2 is 2.12 bits per heavy atom. The topological polar surface area (TPSA) is 26.3 Å². The van der Waals surface area contributed by atoms with Crippen LogP contribution in [0.3, 0.4) is 0 Å². The van der Waals surface area contributed by atoms with Gasteiger partial charge in [0.2, 0.25) is 0 Å². The number of esters is 1. The van der Waals surface area contributed by atoms with Crippen LogP contribution in [-0.2, 0) is 9.53 Å². The molecule has 0 spiro atoms. The minimum atomic E-state index is -0.265. The van der Waals surface area contributed by atoms with E-state index in [1.807, 2.05) is 6.08 Å². The summed E-state index contributed by atoms with van der Waals surface area (Å²) >= 11 is 0. The molecular formula is C14H22O2. The highest BCUT2D eigenvalue weighted by atomic mass is 16.5. The molecule has 90 valence electrons. The Hall–Kier alpha value is -1.05. The number of carbonyl (C=O) groups is 1. The molecule has 0 bridgehead atoms. The molecule has 1 aliphatic carbocycles. The highest BCUT2D eigenvalue weighted by Crippen LogP contribution is 2.37. The van der Waals surface area contributed by atoms with Gasteiger partial charge in [-0.15, -0.1) is 0 Å². The van der Waals surface area contributed by atoms with Crippen molar-refractivity contribution in [1.82, 2.24) is 0 Å². The molecule has 2 heteroatoms. The predicted molar refractivity (Wildman–Crippen MR) is 66.0 cm³/mol. The lowest BCUT2D eigenvalue weighted by Gasteiger charge is -2.33. The van der Waals surface area contributed by atoms with Crippen LogP contribution < -0.4 is 0 Å². The smallest absolute Gasteiger partial charge is 0.330 e. The second kappa shape index (κ2) is 5.88. The number of methoxy groups -OCH3 is 1. The largest absolute Gasteiger partial charge is 0.466 e.